The van der Waals surface area contributed by atoms with Crippen molar-refractivity contribution in [3.8, 4) is 0 Å². The maximum Gasteiger partial charge on any atom is 0.294 e. The van der Waals surface area contributed by atoms with Gasteiger partial charge in [-0.2, -0.15) is 8.42 Å². The van der Waals surface area contributed by atoms with E-state index in [9.17, 15) is 8.42 Å². The molecule has 4 nitrogen and oxygen atoms in total. The van der Waals surface area contributed by atoms with Crippen LogP contribution in [0, 0.1) is 0 Å². The summed E-state index contributed by atoms with van der Waals surface area (Å²) in [5, 5.41) is 3.13. The number of anilines is 1. The molecule has 15 heavy (non-hydrogen) atoms. The van der Waals surface area contributed by atoms with Crippen molar-refractivity contribution in [2.75, 3.05) is 11.9 Å². The SMILES string of the molecule is CC1(C)CNc2cc(S(=O)(=O)O)ccc21. The molecule has 1 aromatic rings. The van der Waals surface area contributed by atoms with Crippen molar-refractivity contribution in [1.82, 2.24) is 0 Å². The zero-order valence-electron chi connectivity index (χ0n) is 8.61. The van der Waals surface area contributed by atoms with Crippen LogP contribution in [-0.4, -0.2) is 19.5 Å². The van der Waals surface area contributed by atoms with Crippen LogP contribution in [0.2, 0.25) is 0 Å². The normalized spacial score (nSPS) is 18.3. The van der Waals surface area contributed by atoms with Crippen LogP contribution in [0.3, 0.4) is 0 Å². The summed E-state index contributed by atoms with van der Waals surface area (Å²) in [6.07, 6.45) is 0. The van der Waals surface area contributed by atoms with Gasteiger partial charge in [0.05, 0.1) is 4.90 Å². The molecule has 0 atom stereocenters. The van der Waals surface area contributed by atoms with Crippen LogP contribution >= 0.6 is 0 Å². The molecule has 0 spiro atoms. The van der Waals surface area contributed by atoms with E-state index in [-0.39, 0.29) is 10.3 Å². The molecule has 0 bridgehead atoms. The third-order valence-corrected chi connectivity index (χ3v) is 3.59. The predicted octanol–water partition coefficient (Wildman–Crippen LogP) is 1.64. The Kier molecular flexibility index (Phi) is 2.06. The van der Waals surface area contributed by atoms with Crippen LogP contribution in [0.15, 0.2) is 23.1 Å². The van der Waals surface area contributed by atoms with E-state index in [1.807, 2.05) is 0 Å². The molecule has 0 unspecified atom stereocenters. The van der Waals surface area contributed by atoms with Crippen LogP contribution in [-0.2, 0) is 15.5 Å². The smallest absolute Gasteiger partial charge is 0.294 e. The number of rotatable bonds is 1. The molecule has 0 aromatic heterocycles. The van der Waals surface area contributed by atoms with Gasteiger partial charge in [-0.05, 0) is 17.7 Å². The van der Waals surface area contributed by atoms with Crippen LogP contribution in [0.4, 0.5) is 5.69 Å². The maximum atomic E-state index is 10.9. The summed E-state index contributed by atoms with van der Waals surface area (Å²) in [5.74, 6) is 0. The quantitative estimate of drug-likeness (QED) is 0.716. The van der Waals surface area contributed by atoms with Crippen LogP contribution < -0.4 is 5.32 Å². The minimum Gasteiger partial charge on any atom is -0.384 e. The van der Waals surface area contributed by atoms with Gasteiger partial charge in [0, 0.05) is 17.6 Å². The second kappa shape index (κ2) is 2.96. The molecular formula is C10H13NO3S. The lowest BCUT2D eigenvalue weighted by Crippen LogP contribution is -2.18. The molecule has 0 fully saturated rings. The molecule has 0 amide bonds. The van der Waals surface area contributed by atoms with Crippen LogP contribution in [0.1, 0.15) is 19.4 Å². The van der Waals surface area contributed by atoms with Crippen LogP contribution in [0.5, 0.6) is 0 Å². The number of hydrogen-bond donors (Lipinski definition) is 2. The van der Waals surface area contributed by atoms with Gasteiger partial charge >= 0.3 is 0 Å². The Balaban J connectivity index is 2.56. The second-order valence-corrected chi connectivity index (χ2v) is 5.84. The van der Waals surface area contributed by atoms with Gasteiger partial charge in [0.25, 0.3) is 10.1 Å². The molecule has 82 valence electrons. The monoisotopic (exact) mass is 227 g/mol. The Morgan fingerprint density at radius 2 is 2.07 bits per heavy atom. The van der Waals surface area contributed by atoms with Gasteiger partial charge in [0.15, 0.2) is 0 Å². The fourth-order valence-corrected chi connectivity index (χ4v) is 2.34. The van der Waals surface area contributed by atoms with Crippen molar-refractivity contribution in [2.45, 2.75) is 24.2 Å². The molecule has 1 heterocycles. The molecule has 2 N–H and O–H groups in total. The highest BCUT2D eigenvalue weighted by Gasteiger charge is 2.30. The lowest BCUT2D eigenvalue weighted by atomic mass is 9.87. The summed E-state index contributed by atoms with van der Waals surface area (Å²) in [6, 6.07) is 4.65. The van der Waals surface area contributed by atoms with E-state index in [0.29, 0.717) is 0 Å². The van der Waals surface area contributed by atoms with Gasteiger partial charge in [-0.15, -0.1) is 0 Å². The van der Waals surface area contributed by atoms with Gasteiger partial charge in [0.2, 0.25) is 0 Å². The molecule has 1 aliphatic rings. The van der Waals surface area contributed by atoms with Gasteiger partial charge in [-0.25, -0.2) is 0 Å². The summed E-state index contributed by atoms with van der Waals surface area (Å²) >= 11 is 0. The largest absolute Gasteiger partial charge is 0.384 e. The molecule has 5 heteroatoms. The fourth-order valence-electron chi connectivity index (χ4n) is 1.83. The molecular weight excluding hydrogens is 214 g/mol. The molecule has 2 rings (SSSR count). The van der Waals surface area contributed by atoms with E-state index in [2.05, 4.69) is 19.2 Å². The molecule has 0 saturated heterocycles. The Bertz CT molecular complexity index is 505. The lowest BCUT2D eigenvalue weighted by molar-refractivity contribution is 0.483. The summed E-state index contributed by atoms with van der Waals surface area (Å²) in [5.41, 5.74) is 1.87. The number of hydrogen-bond acceptors (Lipinski definition) is 3. The predicted molar refractivity (Wildman–Crippen MR) is 57.8 cm³/mol. The Morgan fingerprint density at radius 1 is 1.40 bits per heavy atom. The first kappa shape index (κ1) is 10.4. The Labute approximate surface area is 89.1 Å². The van der Waals surface area contributed by atoms with Crippen molar-refractivity contribution in [1.29, 1.82) is 0 Å². The highest BCUT2D eigenvalue weighted by atomic mass is 32.2. The lowest BCUT2D eigenvalue weighted by Gasteiger charge is -2.16. The van der Waals surface area contributed by atoms with E-state index >= 15 is 0 Å². The summed E-state index contributed by atoms with van der Waals surface area (Å²) < 4.78 is 30.7. The average Bonchev–Trinajstić information content (AvgIpc) is 2.41. The number of nitrogens with one attached hydrogen (secondary N) is 1. The minimum atomic E-state index is -4.10. The first-order valence-electron chi connectivity index (χ1n) is 4.67. The van der Waals surface area contributed by atoms with Crippen molar-refractivity contribution < 1.29 is 13.0 Å². The summed E-state index contributed by atoms with van der Waals surface area (Å²) in [7, 11) is -4.10. The van der Waals surface area contributed by atoms with Gasteiger partial charge in [-0.1, -0.05) is 19.9 Å². The van der Waals surface area contributed by atoms with E-state index in [0.717, 1.165) is 17.8 Å². The first-order chi connectivity index (χ1) is 6.81. The van der Waals surface area contributed by atoms with E-state index < -0.39 is 10.1 Å². The molecule has 1 aliphatic heterocycles. The standard InChI is InChI=1S/C10H13NO3S/c1-10(2)6-11-9-5-7(15(12,13)14)3-4-8(9)10/h3-5,11H,6H2,1-2H3,(H,12,13,14). The molecule has 0 saturated carbocycles. The highest BCUT2D eigenvalue weighted by Crippen LogP contribution is 2.37. The van der Waals surface area contributed by atoms with Gasteiger partial charge in [0.1, 0.15) is 0 Å². The Hall–Kier alpha value is -1.07. The zero-order valence-corrected chi connectivity index (χ0v) is 9.43. The number of fused-ring (bicyclic) bond motifs is 1. The van der Waals surface area contributed by atoms with E-state index in [4.69, 9.17) is 4.55 Å². The van der Waals surface area contributed by atoms with E-state index in [1.165, 1.54) is 12.1 Å². The van der Waals surface area contributed by atoms with Crippen molar-refractivity contribution in [2.24, 2.45) is 0 Å². The summed E-state index contributed by atoms with van der Waals surface area (Å²) in [6.45, 7) is 4.94. The minimum absolute atomic E-state index is 0.00702. The van der Waals surface area contributed by atoms with Gasteiger partial charge in [-0.3, -0.25) is 4.55 Å². The molecule has 0 radical (unpaired) electrons. The average molecular weight is 227 g/mol. The third kappa shape index (κ3) is 1.72. The fraction of sp³-hybridized carbons (Fsp3) is 0.400. The third-order valence-electron chi connectivity index (χ3n) is 2.74. The number of benzene rings is 1. The van der Waals surface area contributed by atoms with Crippen molar-refractivity contribution in [3.05, 3.63) is 23.8 Å². The summed E-state index contributed by atoms with van der Waals surface area (Å²) in [4.78, 5) is -0.0635. The first-order valence-corrected chi connectivity index (χ1v) is 6.11. The van der Waals surface area contributed by atoms with Gasteiger partial charge < -0.3 is 5.32 Å². The van der Waals surface area contributed by atoms with Crippen LogP contribution in [0.25, 0.3) is 0 Å². The molecule has 1 aromatic carbocycles. The zero-order chi connectivity index (χ0) is 11.3. The Morgan fingerprint density at radius 3 is 2.67 bits per heavy atom. The second-order valence-electron chi connectivity index (χ2n) is 4.42. The highest BCUT2D eigenvalue weighted by molar-refractivity contribution is 7.85. The van der Waals surface area contributed by atoms with Crippen molar-refractivity contribution >= 4 is 15.8 Å². The van der Waals surface area contributed by atoms with Crippen molar-refractivity contribution in [3.63, 3.8) is 0 Å². The van der Waals surface area contributed by atoms with E-state index in [1.54, 1.807) is 6.07 Å². The topological polar surface area (TPSA) is 66.4 Å². The maximum absolute atomic E-state index is 10.9. The molecule has 0 aliphatic carbocycles.